The molecule has 0 bridgehead atoms. The van der Waals surface area contributed by atoms with E-state index in [0.29, 0.717) is 0 Å². The first-order valence-electron chi connectivity index (χ1n) is 4.57. The van der Waals surface area contributed by atoms with Crippen LogP contribution in [0.5, 0.6) is 0 Å². The average molecular weight is 183 g/mol. The summed E-state index contributed by atoms with van der Waals surface area (Å²) in [6, 6.07) is 2.32. The fourth-order valence-corrected chi connectivity index (χ4v) is 2.14. The lowest BCUT2D eigenvalue weighted by Crippen LogP contribution is -2.02. The van der Waals surface area contributed by atoms with Crippen LogP contribution in [0.1, 0.15) is 30.2 Å². The zero-order valence-electron chi connectivity index (χ0n) is 7.89. The summed E-state index contributed by atoms with van der Waals surface area (Å²) in [5.74, 6) is 0. The molecule has 0 fully saturated rings. The monoisotopic (exact) mass is 183 g/mol. The van der Waals surface area contributed by atoms with Gasteiger partial charge in [0.1, 0.15) is 0 Å². The van der Waals surface area contributed by atoms with Gasteiger partial charge in [-0.1, -0.05) is 13.3 Å². The molecule has 0 radical (unpaired) electrons. The molecule has 1 aromatic heterocycles. The zero-order valence-corrected chi connectivity index (χ0v) is 8.71. The first-order valence-corrected chi connectivity index (χ1v) is 5.45. The second-order valence-corrected chi connectivity index (χ2v) is 4.05. The lowest BCUT2D eigenvalue weighted by atomic mass is 10.1. The van der Waals surface area contributed by atoms with Crippen molar-refractivity contribution in [2.45, 2.75) is 32.7 Å². The Kier molecular flexibility index (Phi) is 4.33. The van der Waals surface area contributed by atoms with Gasteiger partial charge in [-0.3, -0.25) is 0 Å². The number of rotatable bonds is 5. The Bertz CT molecular complexity index is 217. The molecule has 12 heavy (non-hydrogen) atoms. The van der Waals surface area contributed by atoms with Crippen molar-refractivity contribution in [3.63, 3.8) is 0 Å². The van der Waals surface area contributed by atoms with E-state index in [0.717, 1.165) is 6.54 Å². The van der Waals surface area contributed by atoms with E-state index >= 15 is 0 Å². The van der Waals surface area contributed by atoms with Gasteiger partial charge in [0.15, 0.2) is 0 Å². The summed E-state index contributed by atoms with van der Waals surface area (Å²) in [6.07, 6.45) is 3.85. The molecule has 0 unspecified atom stereocenters. The highest BCUT2D eigenvalue weighted by Crippen LogP contribution is 2.16. The van der Waals surface area contributed by atoms with Crippen molar-refractivity contribution in [3.8, 4) is 0 Å². The van der Waals surface area contributed by atoms with Gasteiger partial charge in [0.25, 0.3) is 0 Å². The molecule has 1 nitrogen and oxygen atoms in total. The predicted molar refractivity (Wildman–Crippen MR) is 55.7 cm³/mol. The topological polar surface area (TPSA) is 12.0 Å². The third-order valence-corrected chi connectivity index (χ3v) is 2.86. The number of nitrogens with one attached hydrogen (secondary N) is 1. The van der Waals surface area contributed by atoms with Crippen molar-refractivity contribution in [1.82, 2.24) is 5.32 Å². The molecule has 0 aliphatic rings. The van der Waals surface area contributed by atoms with Crippen molar-refractivity contribution < 1.29 is 0 Å². The Morgan fingerprint density at radius 2 is 2.33 bits per heavy atom. The smallest absolute Gasteiger partial charge is 0.0296 e. The molecule has 1 rings (SSSR count). The second kappa shape index (κ2) is 5.33. The fraction of sp³-hybridized carbons (Fsp3) is 0.600. The third kappa shape index (κ3) is 2.95. The molecule has 0 spiro atoms. The van der Waals surface area contributed by atoms with E-state index in [1.54, 1.807) is 0 Å². The van der Waals surface area contributed by atoms with Gasteiger partial charge in [-0.25, -0.2) is 0 Å². The Morgan fingerprint density at radius 1 is 1.50 bits per heavy atom. The predicted octanol–water partition coefficient (Wildman–Crippen LogP) is 2.81. The van der Waals surface area contributed by atoms with E-state index in [9.17, 15) is 0 Å². The minimum Gasteiger partial charge on any atom is -0.315 e. The standard InChI is InChI=1S/C10H17NS/c1-3-4-5-9-6-10(7-11-2)12-8-9/h6,8,11H,3-5,7H2,1-2H3. The summed E-state index contributed by atoms with van der Waals surface area (Å²) in [6.45, 7) is 3.25. The van der Waals surface area contributed by atoms with E-state index < -0.39 is 0 Å². The highest BCUT2D eigenvalue weighted by molar-refractivity contribution is 7.10. The maximum atomic E-state index is 3.16. The largest absolute Gasteiger partial charge is 0.315 e. The Morgan fingerprint density at radius 3 is 3.00 bits per heavy atom. The van der Waals surface area contributed by atoms with Crippen LogP contribution in [0.2, 0.25) is 0 Å². The van der Waals surface area contributed by atoms with Gasteiger partial charge in [0.05, 0.1) is 0 Å². The quantitative estimate of drug-likeness (QED) is 0.740. The molecule has 0 aliphatic carbocycles. The molecule has 1 N–H and O–H groups in total. The fourth-order valence-electron chi connectivity index (χ4n) is 1.21. The highest BCUT2D eigenvalue weighted by atomic mass is 32.1. The number of hydrogen-bond acceptors (Lipinski definition) is 2. The van der Waals surface area contributed by atoms with Gasteiger partial charge < -0.3 is 5.32 Å². The molecule has 0 aromatic carbocycles. The van der Waals surface area contributed by atoms with Gasteiger partial charge in [-0.05, 0) is 36.9 Å². The maximum absolute atomic E-state index is 3.16. The van der Waals surface area contributed by atoms with Crippen LogP contribution in [0.3, 0.4) is 0 Å². The van der Waals surface area contributed by atoms with Crippen LogP contribution in [0.25, 0.3) is 0 Å². The second-order valence-electron chi connectivity index (χ2n) is 3.06. The van der Waals surface area contributed by atoms with E-state index in [1.807, 2.05) is 18.4 Å². The third-order valence-electron chi connectivity index (χ3n) is 1.88. The molecule has 0 aliphatic heterocycles. The van der Waals surface area contributed by atoms with E-state index in [2.05, 4.69) is 23.7 Å². The van der Waals surface area contributed by atoms with Gasteiger partial charge in [-0.2, -0.15) is 0 Å². The molecule has 1 aromatic rings. The first kappa shape index (κ1) is 9.75. The molecule has 0 saturated heterocycles. The number of hydrogen-bond donors (Lipinski definition) is 1. The molecule has 68 valence electrons. The summed E-state index contributed by atoms with van der Waals surface area (Å²) in [5.41, 5.74) is 1.51. The Labute approximate surface area is 78.8 Å². The lowest BCUT2D eigenvalue weighted by Gasteiger charge is -1.93. The van der Waals surface area contributed by atoms with Crippen LogP contribution in [0.15, 0.2) is 11.4 Å². The average Bonchev–Trinajstić information content (AvgIpc) is 2.50. The summed E-state index contributed by atoms with van der Waals surface area (Å²) < 4.78 is 0. The Balaban J connectivity index is 2.41. The summed E-state index contributed by atoms with van der Waals surface area (Å²) in [5, 5.41) is 5.44. The molecule has 0 saturated carbocycles. The van der Waals surface area contributed by atoms with Crippen LogP contribution in [-0.2, 0) is 13.0 Å². The molecule has 0 atom stereocenters. The number of unbranched alkanes of at least 4 members (excludes halogenated alkanes) is 1. The van der Waals surface area contributed by atoms with Crippen LogP contribution in [0.4, 0.5) is 0 Å². The van der Waals surface area contributed by atoms with Crippen molar-refractivity contribution in [3.05, 3.63) is 21.9 Å². The van der Waals surface area contributed by atoms with Gasteiger partial charge in [0, 0.05) is 11.4 Å². The molecular formula is C10H17NS. The summed E-state index contributed by atoms with van der Waals surface area (Å²) >= 11 is 1.86. The van der Waals surface area contributed by atoms with Gasteiger partial charge in [-0.15, -0.1) is 11.3 Å². The lowest BCUT2D eigenvalue weighted by molar-refractivity contribution is 0.793. The molecular weight excluding hydrogens is 166 g/mol. The minimum atomic E-state index is 1.01. The molecule has 1 heterocycles. The Hall–Kier alpha value is -0.340. The van der Waals surface area contributed by atoms with E-state index in [1.165, 1.54) is 29.7 Å². The highest BCUT2D eigenvalue weighted by Gasteiger charge is 1.97. The van der Waals surface area contributed by atoms with Crippen molar-refractivity contribution >= 4 is 11.3 Å². The van der Waals surface area contributed by atoms with E-state index in [4.69, 9.17) is 0 Å². The minimum absolute atomic E-state index is 1.01. The zero-order chi connectivity index (χ0) is 8.81. The molecule has 0 amide bonds. The van der Waals surface area contributed by atoms with Crippen LogP contribution in [0, 0.1) is 0 Å². The maximum Gasteiger partial charge on any atom is 0.0296 e. The summed E-state index contributed by atoms with van der Waals surface area (Å²) in [7, 11) is 1.99. The van der Waals surface area contributed by atoms with E-state index in [-0.39, 0.29) is 0 Å². The van der Waals surface area contributed by atoms with Crippen LogP contribution < -0.4 is 5.32 Å². The normalized spacial score (nSPS) is 10.5. The van der Waals surface area contributed by atoms with Crippen LogP contribution in [-0.4, -0.2) is 7.05 Å². The number of thiophene rings is 1. The molecule has 2 heteroatoms. The van der Waals surface area contributed by atoms with Gasteiger partial charge >= 0.3 is 0 Å². The van der Waals surface area contributed by atoms with Crippen molar-refractivity contribution in [2.24, 2.45) is 0 Å². The van der Waals surface area contributed by atoms with Crippen molar-refractivity contribution in [1.29, 1.82) is 0 Å². The van der Waals surface area contributed by atoms with Crippen LogP contribution >= 0.6 is 11.3 Å². The van der Waals surface area contributed by atoms with Crippen molar-refractivity contribution in [2.75, 3.05) is 7.05 Å². The summed E-state index contributed by atoms with van der Waals surface area (Å²) in [4.78, 5) is 1.45. The SMILES string of the molecule is CCCCc1csc(CNC)c1. The van der Waals surface area contributed by atoms with Gasteiger partial charge in [0.2, 0.25) is 0 Å². The number of aryl methyl sites for hydroxylation is 1. The first-order chi connectivity index (χ1) is 5.86.